The van der Waals surface area contributed by atoms with E-state index < -0.39 is 12.0 Å². The Morgan fingerprint density at radius 2 is 1.93 bits per heavy atom. The highest BCUT2D eigenvalue weighted by atomic mass is 17.0. The predicted molar refractivity (Wildman–Crippen MR) is 51.8 cm³/mol. The molecule has 0 amide bonds. The maximum Gasteiger partial charge on any atom is 0.300 e. The highest BCUT2D eigenvalue weighted by Crippen LogP contribution is 2.24. The van der Waals surface area contributed by atoms with Crippen LogP contribution in [0.15, 0.2) is 24.3 Å². The minimum absolute atomic E-state index is 0.0692. The molecule has 0 spiro atoms. The fourth-order valence-corrected chi connectivity index (χ4v) is 1.41. The van der Waals surface area contributed by atoms with Crippen molar-refractivity contribution in [1.82, 2.24) is 0 Å². The fraction of sp³-hybridized carbons (Fsp3) is 0.400. The second-order valence-corrected chi connectivity index (χ2v) is 3.51. The van der Waals surface area contributed by atoms with Crippen LogP contribution in [0.3, 0.4) is 0 Å². The second-order valence-electron chi connectivity index (χ2n) is 3.51. The number of rotatable bonds is 3. The molecule has 1 fully saturated rings. The van der Waals surface area contributed by atoms with E-state index in [-0.39, 0.29) is 12.5 Å². The minimum atomic E-state index is -1.65. The normalized spacial score (nSPS) is 20.7. The first kappa shape index (κ1) is 10.4. The molecule has 0 bridgehead atoms. The maximum absolute atomic E-state index is 9.58. The summed E-state index contributed by atoms with van der Waals surface area (Å²) in [5.41, 5.74) is 6.62. The zero-order chi connectivity index (χ0) is 10.9. The van der Waals surface area contributed by atoms with Crippen molar-refractivity contribution in [2.75, 3.05) is 6.79 Å². The Hall–Kier alpha value is -1.14. The van der Waals surface area contributed by atoms with Crippen LogP contribution in [0.25, 0.3) is 0 Å². The SMILES string of the molecule is N[C@@H](Cc1ccc(O)cc1)C1(O)OCO1. The summed E-state index contributed by atoms with van der Waals surface area (Å²) < 4.78 is 9.67. The second kappa shape index (κ2) is 3.79. The molecule has 0 aromatic heterocycles. The van der Waals surface area contributed by atoms with E-state index in [0.717, 1.165) is 5.56 Å². The van der Waals surface area contributed by atoms with E-state index in [1.54, 1.807) is 24.3 Å². The first-order chi connectivity index (χ1) is 7.10. The van der Waals surface area contributed by atoms with Crippen LogP contribution in [-0.4, -0.2) is 29.0 Å². The van der Waals surface area contributed by atoms with Crippen molar-refractivity contribution in [3.8, 4) is 5.75 Å². The number of phenols is 1. The molecule has 5 nitrogen and oxygen atoms in total. The lowest BCUT2D eigenvalue weighted by atomic mass is 10.0. The molecule has 1 aliphatic heterocycles. The number of aliphatic hydroxyl groups is 1. The van der Waals surface area contributed by atoms with Gasteiger partial charge in [-0.3, -0.25) is 9.47 Å². The lowest BCUT2D eigenvalue weighted by Crippen LogP contribution is -2.60. The van der Waals surface area contributed by atoms with Gasteiger partial charge in [-0.2, -0.15) is 0 Å². The number of benzene rings is 1. The monoisotopic (exact) mass is 211 g/mol. The zero-order valence-electron chi connectivity index (χ0n) is 8.09. The predicted octanol–water partition coefficient (Wildman–Crippen LogP) is -0.0876. The van der Waals surface area contributed by atoms with Crippen LogP contribution in [0.5, 0.6) is 5.75 Å². The van der Waals surface area contributed by atoms with Gasteiger partial charge < -0.3 is 15.9 Å². The summed E-state index contributed by atoms with van der Waals surface area (Å²) in [6.45, 7) is 0.0692. The van der Waals surface area contributed by atoms with Crippen molar-refractivity contribution >= 4 is 0 Å². The zero-order valence-corrected chi connectivity index (χ0v) is 8.09. The van der Waals surface area contributed by atoms with Crippen LogP contribution in [0, 0.1) is 0 Å². The van der Waals surface area contributed by atoms with E-state index in [1.807, 2.05) is 0 Å². The van der Waals surface area contributed by atoms with E-state index in [2.05, 4.69) is 0 Å². The van der Waals surface area contributed by atoms with Crippen molar-refractivity contribution in [2.45, 2.75) is 18.4 Å². The summed E-state index contributed by atoms with van der Waals surface area (Å²) >= 11 is 0. The number of phenolic OH excluding ortho intramolecular Hbond substituents is 1. The molecule has 1 atom stereocenters. The summed E-state index contributed by atoms with van der Waals surface area (Å²) in [5.74, 6) is -1.46. The Labute approximate surface area is 87.0 Å². The number of hydrogen-bond acceptors (Lipinski definition) is 5. The molecule has 1 aromatic rings. The van der Waals surface area contributed by atoms with Gasteiger partial charge in [0.2, 0.25) is 0 Å². The van der Waals surface area contributed by atoms with Crippen LogP contribution < -0.4 is 5.73 Å². The van der Waals surface area contributed by atoms with Crippen molar-refractivity contribution in [3.63, 3.8) is 0 Å². The third kappa shape index (κ3) is 2.10. The smallest absolute Gasteiger partial charge is 0.300 e. The van der Waals surface area contributed by atoms with Gasteiger partial charge in [0, 0.05) is 0 Å². The molecular formula is C10H13NO4. The molecule has 0 unspecified atom stereocenters. The lowest BCUT2D eigenvalue weighted by Gasteiger charge is -2.40. The molecule has 1 aliphatic rings. The number of aromatic hydroxyl groups is 1. The van der Waals surface area contributed by atoms with E-state index in [1.165, 1.54) is 0 Å². The molecule has 5 heteroatoms. The average Bonchev–Trinajstić information content (AvgIpc) is 2.18. The molecule has 82 valence electrons. The molecule has 2 rings (SSSR count). The molecule has 0 saturated carbocycles. The molecule has 0 aliphatic carbocycles. The summed E-state index contributed by atoms with van der Waals surface area (Å²) in [6, 6.07) is 5.95. The number of ether oxygens (including phenoxy) is 2. The third-order valence-electron chi connectivity index (χ3n) is 2.39. The average molecular weight is 211 g/mol. The Morgan fingerprint density at radius 1 is 1.33 bits per heavy atom. The van der Waals surface area contributed by atoms with Gasteiger partial charge in [-0.25, -0.2) is 0 Å². The maximum atomic E-state index is 9.58. The summed E-state index contributed by atoms with van der Waals surface area (Å²) in [7, 11) is 0. The molecule has 1 aromatic carbocycles. The van der Waals surface area contributed by atoms with Crippen LogP contribution in [0.2, 0.25) is 0 Å². The van der Waals surface area contributed by atoms with Gasteiger partial charge in [-0.1, -0.05) is 12.1 Å². The van der Waals surface area contributed by atoms with Crippen LogP contribution in [0.4, 0.5) is 0 Å². The minimum Gasteiger partial charge on any atom is -0.508 e. The first-order valence-corrected chi connectivity index (χ1v) is 4.64. The van der Waals surface area contributed by atoms with Crippen molar-refractivity contribution in [3.05, 3.63) is 29.8 Å². The molecule has 4 N–H and O–H groups in total. The van der Waals surface area contributed by atoms with E-state index in [0.29, 0.717) is 6.42 Å². The topological polar surface area (TPSA) is 84.9 Å². The van der Waals surface area contributed by atoms with E-state index >= 15 is 0 Å². The third-order valence-corrected chi connectivity index (χ3v) is 2.39. The van der Waals surface area contributed by atoms with Gasteiger partial charge in [0.25, 0.3) is 0 Å². The Kier molecular flexibility index (Phi) is 2.62. The van der Waals surface area contributed by atoms with E-state index in [4.69, 9.17) is 20.3 Å². The molecule has 1 heterocycles. The van der Waals surface area contributed by atoms with Crippen molar-refractivity contribution in [1.29, 1.82) is 0 Å². The molecule has 1 saturated heterocycles. The molecular weight excluding hydrogens is 198 g/mol. The standard InChI is InChI=1S/C10H13NO4/c11-9(10(13)14-6-15-10)5-7-1-3-8(12)4-2-7/h1-4,9,12-13H,5-6,11H2/t9-/m0/s1. The highest BCUT2D eigenvalue weighted by molar-refractivity contribution is 5.26. The van der Waals surface area contributed by atoms with Crippen LogP contribution >= 0.6 is 0 Å². The molecule has 15 heavy (non-hydrogen) atoms. The fourth-order valence-electron chi connectivity index (χ4n) is 1.41. The summed E-state index contributed by atoms with van der Waals surface area (Å²) in [4.78, 5) is 0. The number of nitrogens with two attached hydrogens (primary N) is 1. The summed E-state index contributed by atoms with van der Waals surface area (Å²) in [6.07, 6.45) is 0.413. The van der Waals surface area contributed by atoms with E-state index in [9.17, 15) is 5.11 Å². The lowest BCUT2D eigenvalue weighted by molar-refractivity contribution is -0.495. The van der Waals surface area contributed by atoms with Gasteiger partial charge in [-0.15, -0.1) is 0 Å². The largest absolute Gasteiger partial charge is 0.508 e. The van der Waals surface area contributed by atoms with Crippen molar-refractivity contribution < 1.29 is 19.7 Å². The van der Waals surface area contributed by atoms with Crippen LogP contribution in [-0.2, 0) is 15.9 Å². The Bertz CT molecular complexity index is 334. The van der Waals surface area contributed by atoms with Gasteiger partial charge >= 0.3 is 5.97 Å². The Morgan fingerprint density at radius 3 is 2.40 bits per heavy atom. The molecule has 0 radical (unpaired) electrons. The van der Waals surface area contributed by atoms with Crippen LogP contribution in [0.1, 0.15) is 5.56 Å². The highest BCUT2D eigenvalue weighted by Gasteiger charge is 2.44. The van der Waals surface area contributed by atoms with Gasteiger partial charge in [-0.05, 0) is 24.1 Å². The number of hydrogen-bond donors (Lipinski definition) is 3. The summed E-state index contributed by atoms with van der Waals surface area (Å²) in [5, 5.41) is 18.7. The Balaban J connectivity index is 1.99. The van der Waals surface area contributed by atoms with Gasteiger partial charge in [0.1, 0.15) is 5.75 Å². The quantitative estimate of drug-likeness (QED) is 0.650. The van der Waals surface area contributed by atoms with Gasteiger partial charge in [0.05, 0.1) is 6.04 Å². The van der Waals surface area contributed by atoms with Gasteiger partial charge in [0.15, 0.2) is 6.79 Å². The first-order valence-electron chi connectivity index (χ1n) is 4.64. The van der Waals surface area contributed by atoms with Crippen molar-refractivity contribution in [2.24, 2.45) is 5.73 Å².